The van der Waals surface area contributed by atoms with Crippen LogP contribution in [0.15, 0.2) is 24.3 Å². The highest BCUT2D eigenvalue weighted by Gasteiger charge is 2.49. The van der Waals surface area contributed by atoms with E-state index in [4.69, 9.17) is 4.74 Å². The van der Waals surface area contributed by atoms with Gasteiger partial charge in [0.2, 0.25) is 0 Å². The van der Waals surface area contributed by atoms with Crippen LogP contribution in [0, 0.1) is 29.5 Å². The predicted molar refractivity (Wildman–Crippen MR) is 106 cm³/mol. The number of carbonyl (C=O) groups is 2. The molecule has 1 aromatic rings. The van der Waals surface area contributed by atoms with Crippen molar-refractivity contribution < 1.29 is 18.7 Å². The van der Waals surface area contributed by atoms with E-state index in [1.165, 1.54) is 56.4 Å². The lowest BCUT2D eigenvalue weighted by atomic mass is 9.54. The van der Waals surface area contributed by atoms with Crippen LogP contribution in [-0.2, 0) is 9.53 Å². The van der Waals surface area contributed by atoms with Crippen molar-refractivity contribution in [1.29, 1.82) is 0 Å². The molecule has 6 rings (SSSR count). The van der Waals surface area contributed by atoms with Gasteiger partial charge in [0.25, 0.3) is 5.91 Å². The van der Waals surface area contributed by atoms with E-state index in [0.717, 1.165) is 11.8 Å². The second kappa shape index (κ2) is 7.80. The number of ketones is 1. The number of amides is 1. The summed E-state index contributed by atoms with van der Waals surface area (Å²) in [6.07, 6.45) is 5.94. The van der Waals surface area contributed by atoms with E-state index in [1.807, 2.05) is 4.90 Å². The Morgan fingerprint density at radius 3 is 2.34 bits per heavy atom. The number of Topliss-reactive ketones (excluding diaryl/α,β-unsaturated/α-hetero) is 1. The Balaban J connectivity index is 1.17. The largest absolute Gasteiger partial charge is 0.366 e. The molecule has 0 aromatic heterocycles. The van der Waals surface area contributed by atoms with Crippen LogP contribution in [0.2, 0.25) is 0 Å². The van der Waals surface area contributed by atoms with Crippen LogP contribution < -0.4 is 5.32 Å². The second-order valence-electron chi connectivity index (χ2n) is 9.49. The number of carbonyl (C=O) groups excluding carboxylic acids is 2. The van der Waals surface area contributed by atoms with Crippen molar-refractivity contribution in [3.8, 4) is 0 Å². The van der Waals surface area contributed by atoms with Gasteiger partial charge in [-0.2, -0.15) is 0 Å². The van der Waals surface area contributed by atoms with Crippen LogP contribution in [0.3, 0.4) is 0 Å². The van der Waals surface area contributed by atoms with E-state index in [9.17, 15) is 14.0 Å². The third-order valence-electron chi connectivity index (χ3n) is 7.51. The molecule has 0 spiro atoms. The maximum atomic E-state index is 13.1. The normalized spacial score (nSPS) is 36.2. The van der Waals surface area contributed by atoms with Crippen LogP contribution in [0.5, 0.6) is 0 Å². The lowest BCUT2D eigenvalue weighted by Crippen LogP contribution is -2.59. The van der Waals surface area contributed by atoms with Gasteiger partial charge in [-0.3, -0.25) is 14.5 Å². The molecule has 156 valence electrons. The van der Waals surface area contributed by atoms with E-state index in [2.05, 4.69) is 5.32 Å². The molecule has 5 fully saturated rings. The van der Waals surface area contributed by atoms with E-state index >= 15 is 0 Å². The fourth-order valence-corrected chi connectivity index (χ4v) is 6.35. The van der Waals surface area contributed by atoms with Gasteiger partial charge in [-0.1, -0.05) is 0 Å². The first kappa shape index (κ1) is 19.2. The highest BCUT2D eigenvalue weighted by Crippen LogP contribution is 2.53. The van der Waals surface area contributed by atoms with Gasteiger partial charge in [-0.05, 0) is 80.0 Å². The van der Waals surface area contributed by atoms with Gasteiger partial charge in [0.15, 0.2) is 5.78 Å². The number of nitrogens with zero attached hydrogens (tertiary/aromatic N) is 1. The summed E-state index contributed by atoms with van der Waals surface area (Å²) in [4.78, 5) is 27.4. The molecule has 1 amide bonds. The fourth-order valence-electron chi connectivity index (χ4n) is 6.35. The Bertz CT molecular complexity index is 753. The summed E-state index contributed by atoms with van der Waals surface area (Å²) in [5, 5.41) is 3.33. The lowest BCUT2D eigenvalue weighted by molar-refractivity contribution is -0.142. The van der Waals surface area contributed by atoms with Crippen molar-refractivity contribution in [2.45, 2.75) is 44.2 Å². The molecular weight excluding hydrogens is 371 g/mol. The van der Waals surface area contributed by atoms with E-state index in [0.29, 0.717) is 43.1 Å². The van der Waals surface area contributed by atoms with Gasteiger partial charge in [-0.25, -0.2) is 4.39 Å². The molecule has 0 radical (unpaired) electrons. The van der Waals surface area contributed by atoms with Crippen molar-refractivity contribution in [2.24, 2.45) is 23.7 Å². The molecular formula is C23H29FN2O3. The summed E-state index contributed by atoms with van der Waals surface area (Å²) in [6.45, 7) is 1.70. The van der Waals surface area contributed by atoms with Crippen molar-refractivity contribution in [2.75, 3.05) is 26.2 Å². The highest BCUT2D eigenvalue weighted by molar-refractivity contribution is 5.97. The summed E-state index contributed by atoms with van der Waals surface area (Å²) in [5.41, 5.74) is 0.493. The minimum atomic E-state index is -0.526. The third kappa shape index (κ3) is 3.97. The van der Waals surface area contributed by atoms with Crippen LogP contribution >= 0.6 is 0 Å². The minimum absolute atomic E-state index is 0.0265. The van der Waals surface area contributed by atoms with Gasteiger partial charge in [0.1, 0.15) is 11.9 Å². The van der Waals surface area contributed by atoms with Gasteiger partial charge in [-0.15, -0.1) is 0 Å². The number of rotatable bonds is 5. The zero-order valence-corrected chi connectivity index (χ0v) is 16.7. The summed E-state index contributed by atoms with van der Waals surface area (Å²) >= 11 is 0. The Morgan fingerprint density at radius 2 is 1.69 bits per heavy atom. The topological polar surface area (TPSA) is 58.6 Å². The smallest absolute Gasteiger partial charge is 0.250 e. The Hall–Kier alpha value is -1.79. The number of ether oxygens (including phenoxy) is 1. The minimum Gasteiger partial charge on any atom is -0.366 e. The molecule has 5 aliphatic rings. The SMILES string of the molecule is O=C(CN1CCOC(C(=O)NC2C3CC4CC(C3)CC2C4)C1)c1ccc(F)cc1. The summed E-state index contributed by atoms with van der Waals surface area (Å²) in [6, 6.07) is 5.92. The molecule has 4 bridgehead atoms. The number of hydrogen-bond donors (Lipinski definition) is 1. The summed E-state index contributed by atoms with van der Waals surface area (Å²) in [7, 11) is 0. The van der Waals surface area contributed by atoms with Crippen molar-refractivity contribution in [3.05, 3.63) is 35.6 Å². The highest BCUT2D eigenvalue weighted by atomic mass is 19.1. The first-order valence-electron chi connectivity index (χ1n) is 11.0. The van der Waals surface area contributed by atoms with Crippen LogP contribution in [0.25, 0.3) is 0 Å². The standard InChI is InChI=1S/C23H29FN2O3/c24-19-3-1-16(2-4-19)20(27)12-26-5-6-29-21(13-26)23(28)25-22-17-8-14-7-15(10-17)11-18(22)9-14/h1-4,14-15,17-18,21-22H,5-13H2,(H,25,28). The van der Waals surface area contributed by atoms with E-state index in [-0.39, 0.29) is 24.1 Å². The monoisotopic (exact) mass is 400 g/mol. The zero-order chi connectivity index (χ0) is 20.0. The number of halogens is 1. The third-order valence-corrected chi connectivity index (χ3v) is 7.51. The molecule has 1 atom stereocenters. The van der Waals surface area contributed by atoms with Crippen LogP contribution in [0.1, 0.15) is 42.5 Å². The Morgan fingerprint density at radius 1 is 1.03 bits per heavy atom. The maximum Gasteiger partial charge on any atom is 0.250 e. The molecule has 1 saturated heterocycles. The quantitative estimate of drug-likeness (QED) is 0.772. The average Bonchev–Trinajstić information content (AvgIpc) is 2.70. The zero-order valence-electron chi connectivity index (χ0n) is 16.7. The molecule has 4 saturated carbocycles. The van der Waals surface area contributed by atoms with Gasteiger partial charge in [0, 0.05) is 24.7 Å². The van der Waals surface area contributed by atoms with Crippen LogP contribution in [0.4, 0.5) is 4.39 Å². The number of benzene rings is 1. The number of nitrogens with one attached hydrogen (secondary N) is 1. The predicted octanol–water partition coefficient (Wildman–Crippen LogP) is 2.65. The van der Waals surface area contributed by atoms with Gasteiger partial charge >= 0.3 is 0 Å². The average molecular weight is 400 g/mol. The first-order chi connectivity index (χ1) is 14.0. The van der Waals surface area contributed by atoms with E-state index < -0.39 is 6.10 Å². The molecule has 1 N–H and O–H groups in total. The second-order valence-corrected chi connectivity index (χ2v) is 9.49. The van der Waals surface area contributed by atoms with Crippen molar-refractivity contribution in [3.63, 3.8) is 0 Å². The summed E-state index contributed by atoms with van der Waals surface area (Å²) < 4.78 is 18.8. The van der Waals surface area contributed by atoms with Gasteiger partial charge in [0.05, 0.1) is 13.2 Å². The van der Waals surface area contributed by atoms with Crippen molar-refractivity contribution >= 4 is 11.7 Å². The van der Waals surface area contributed by atoms with Crippen LogP contribution in [-0.4, -0.2) is 55.0 Å². The molecule has 1 unspecified atom stereocenters. The number of hydrogen-bond acceptors (Lipinski definition) is 4. The fraction of sp³-hybridized carbons (Fsp3) is 0.652. The molecule has 1 aliphatic heterocycles. The van der Waals surface area contributed by atoms with Gasteiger partial charge < -0.3 is 10.1 Å². The molecule has 4 aliphatic carbocycles. The molecule has 5 nitrogen and oxygen atoms in total. The summed E-state index contributed by atoms with van der Waals surface area (Å²) in [5.74, 6) is 2.59. The lowest BCUT2D eigenvalue weighted by Gasteiger charge is -2.54. The van der Waals surface area contributed by atoms with E-state index in [1.54, 1.807) is 0 Å². The number of morpholine rings is 1. The molecule has 1 aromatic carbocycles. The first-order valence-corrected chi connectivity index (χ1v) is 11.0. The maximum absolute atomic E-state index is 13.1. The Labute approximate surface area is 171 Å². The molecule has 6 heteroatoms. The Kier molecular flexibility index (Phi) is 5.16. The van der Waals surface area contributed by atoms with Crippen molar-refractivity contribution in [1.82, 2.24) is 10.2 Å². The molecule has 1 heterocycles. The molecule has 29 heavy (non-hydrogen) atoms.